The fourth-order valence-corrected chi connectivity index (χ4v) is 5.90. The molecule has 2 aromatic carbocycles. The van der Waals surface area contributed by atoms with E-state index in [1.165, 1.54) is 35.0 Å². The molecule has 34 heavy (non-hydrogen) atoms. The first-order valence-corrected chi connectivity index (χ1v) is 13.3. The average Bonchev–Trinajstić information content (AvgIpc) is 3.11. The van der Waals surface area contributed by atoms with E-state index >= 15 is 0 Å². The molecule has 1 heterocycles. The number of hydrogen-bond donors (Lipinski definition) is 2. The van der Waals surface area contributed by atoms with E-state index in [9.17, 15) is 23.4 Å². The van der Waals surface area contributed by atoms with Crippen LogP contribution in [-0.2, 0) is 10.0 Å². The maximum Gasteiger partial charge on any atom is 0.291 e. The third-order valence-corrected chi connectivity index (χ3v) is 7.52. The Kier molecular flexibility index (Phi) is 6.80. The topological polar surface area (TPSA) is 113 Å². The lowest BCUT2D eigenvalue weighted by Gasteiger charge is -2.31. The van der Waals surface area contributed by atoms with Crippen molar-refractivity contribution in [2.75, 3.05) is 6.26 Å². The Hall–Kier alpha value is -2.75. The van der Waals surface area contributed by atoms with E-state index in [4.69, 9.17) is 23.2 Å². The van der Waals surface area contributed by atoms with Gasteiger partial charge in [0.1, 0.15) is 11.4 Å². The summed E-state index contributed by atoms with van der Waals surface area (Å²) in [6.07, 6.45) is 4.67. The zero-order valence-corrected chi connectivity index (χ0v) is 20.6. The number of hydrogen-bond acceptors (Lipinski definition) is 6. The zero-order chi connectivity index (χ0) is 24.6. The van der Waals surface area contributed by atoms with Crippen LogP contribution in [-0.4, -0.2) is 50.9 Å². The first-order chi connectivity index (χ1) is 16.1. The molecular weight excluding hydrogens is 501 g/mol. The SMILES string of the molecule is CS(=O)(=O)N(C(=O)c1nn(-c2ccc(Cl)cc2Cl)c(-c2ccc(O)cc2)c1O)C1CCCCC1. The molecule has 0 radical (unpaired) electrons. The first kappa shape index (κ1) is 24.4. The fraction of sp³-hybridized carbons (Fsp3) is 0.304. The first-order valence-electron chi connectivity index (χ1n) is 10.7. The fourth-order valence-electron chi connectivity index (χ4n) is 4.27. The van der Waals surface area contributed by atoms with Crippen LogP contribution in [0.2, 0.25) is 10.0 Å². The number of aromatic nitrogens is 2. The van der Waals surface area contributed by atoms with Crippen molar-refractivity contribution < 1.29 is 23.4 Å². The molecule has 1 aromatic heterocycles. The molecule has 1 aliphatic carbocycles. The van der Waals surface area contributed by atoms with Crippen LogP contribution in [0.3, 0.4) is 0 Å². The molecule has 2 N–H and O–H groups in total. The molecule has 1 fully saturated rings. The maximum atomic E-state index is 13.5. The van der Waals surface area contributed by atoms with Gasteiger partial charge < -0.3 is 10.2 Å². The van der Waals surface area contributed by atoms with E-state index in [1.807, 2.05) is 0 Å². The molecule has 4 rings (SSSR count). The quantitative estimate of drug-likeness (QED) is 0.486. The number of carbonyl (C=O) groups is 1. The molecule has 1 amide bonds. The number of sulfonamides is 1. The number of aromatic hydroxyl groups is 2. The Bertz CT molecular complexity index is 1330. The molecule has 0 saturated heterocycles. The highest BCUT2D eigenvalue weighted by atomic mass is 35.5. The summed E-state index contributed by atoms with van der Waals surface area (Å²) in [4.78, 5) is 13.5. The van der Waals surface area contributed by atoms with Crippen LogP contribution < -0.4 is 0 Å². The molecule has 0 atom stereocenters. The van der Waals surface area contributed by atoms with Gasteiger partial charge in [-0.2, -0.15) is 5.10 Å². The minimum absolute atomic E-state index is 0.00989. The molecule has 0 bridgehead atoms. The second kappa shape index (κ2) is 9.48. The summed E-state index contributed by atoms with van der Waals surface area (Å²) in [5.41, 5.74) is 0.457. The van der Waals surface area contributed by atoms with Gasteiger partial charge in [0.05, 0.1) is 17.0 Å². The number of phenolic OH excluding ortho intramolecular Hbond substituents is 1. The van der Waals surface area contributed by atoms with Crippen LogP contribution in [0.15, 0.2) is 42.5 Å². The number of carbonyl (C=O) groups excluding carboxylic acids is 1. The van der Waals surface area contributed by atoms with Crippen molar-refractivity contribution in [1.29, 1.82) is 0 Å². The number of rotatable bonds is 5. The second-order valence-electron chi connectivity index (χ2n) is 8.26. The van der Waals surface area contributed by atoms with Gasteiger partial charge in [-0.05, 0) is 55.3 Å². The van der Waals surface area contributed by atoms with Crippen LogP contribution in [0.5, 0.6) is 11.5 Å². The van der Waals surface area contributed by atoms with Gasteiger partial charge in [-0.1, -0.05) is 42.5 Å². The van der Waals surface area contributed by atoms with Gasteiger partial charge in [0.15, 0.2) is 11.4 Å². The largest absolute Gasteiger partial charge is 0.508 e. The standard InChI is InChI=1S/C23H23Cl2N3O5S/c1-34(32,33)28(16-5-3-2-4-6-16)23(31)20-22(30)21(14-7-10-17(29)11-8-14)27(26-20)19-12-9-15(24)13-18(19)25/h7-13,16,29-30H,2-6H2,1H3. The minimum Gasteiger partial charge on any atom is -0.508 e. The van der Waals surface area contributed by atoms with Gasteiger partial charge in [0.25, 0.3) is 5.91 Å². The molecule has 1 saturated carbocycles. The predicted molar refractivity (Wildman–Crippen MR) is 130 cm³/mol. The van der Waals surface area contributed by atoms with Crippen molar-refractivity contribution in [2.24, 2.45) is 0 Å². The summed E-state index contributed by atoms with van der Waals surface area (Å²) in [7, 11) is -3.93. The van der Waals surface area contributed by atoms with Crippen molar-refractivity contribution in [3.63, 3.8) is 0 Å². The molecule has 1 aliphatic rings. The minimum atomic E-state index is -3.93. The number of halogens is 2. The average molecular weight is 524 g/mol. The summed E-state index contributed by atoms with van der Waals surface area (Å²) in [6, 6.07) is 10.1. The van der Waals surface area contributed by atoms with Crippen molar-refractivity contribution in [2.45, 2.75) is 38.1 Å². The van der Waals surface area contributed by atoms with E-state index in [2.05, 4.69) is 5.10 Å². The second-order valence-corrected chi connectivity index (χ2v) is 11.0. The van der Waals surface area contributed by atoms with E-state index in [0.29, 0.717) is 29.1 Å². The predicted octanol–water partition coefficient (Wildman–Crippen LogP) is 4.99. The summed E-state index contributed by atoms with van der Waals surface area (Å²) in [5, 5.41) is 25.8. The molecule has 180 valence electrons. The smallest absolute Gasteiger partial charge is 0.291 e. The highest BCUT2D eigenvalue weighted by Crippen LogP contribution is 2.38. The van der Waals surface area contributed by atoms with Crippen LogP contribution in [0, 0.1) is 0 Å². The molecule has 8 nitrogen and oxygen atoms in total. The van der Waals surface area contributed by atoms with E-state index in [-0.39, 0.29) is 16.5 Å². The van der Waals surface area contributed by atoms with Gasteiger partial charge in [-0.25, -0.2) is 17.4 Å². The summed E-state index contributed by atoms with van der Waals surface area (Å²) in [6.45, 7) is 0. The molecular formula is C23H23Cl2N3O5S. The zero-order valence-electron chi connectivity index (χ0n) is 18.3. The van der Waals surface area contributed by atoms with Crippen LogP contribution >= 0.6 is 23.2 Å². The number of benzene rings is 2. The van der Waals surface area contributed by atoms with Crippen LogP contribution in [0.4, 0.5) is 0 Å². The Labute approximate surface area is 207 Å². The van der Waals surface area contributed by atoms with Crippen LogP contribution in [0.1, 0.15) is 42.6 Å². The highest BCUT2D eigenvalue weighted by molar-refractivity contribution is 7.88. The Morgan fingerprint density at radius 2 is 1.71 bits per heavy atom. The third-order valence-electron chi connectivity index (χ3n) is 5.81. The van der Waals surface area contributed by atoms with Gasteiger partial charge >= 0.3 is 0 Å². The van der Waals surface area contributed by atoms with E-state index in [0.717, 1.165) is 29.8 Å². The van der Waals surface area contributed by atoms with E-state index in [1.54, 1.807) is 12.1 Å². The highest BCUT2D eigenvalue weighted by Gasteiger charge is 2.37. The number of nitrogens with zero attached hydrogens (tertiary/aromatic N) is 3. The van der Waals surface area contributed by atoms with Gasteiger partial charge in [-0.15, -0.1) is 0 Å². The Balaban J connectivity index is 1.91. The van der Waals surface area contributed by atoms with Crippen molar-refractivity contribution in [3.8, 4) is 28.4 Å². The number of amides is 1. The normalized spacial score (nSPS) is 14.8. The lowest BCUT2D eigenvalue weighted by atomic mass is 9.95. The number of phenols is 1. The van der Waals surface area contributed by atoms with Crippen molar-refractivity contribution >= 4 is 39.1 Å². The van der Waals surface area contributed by atoms with E-state index < -0.39 is 33.4 Å². The third kappa shape index (κ3) is 4.73. The Morgan fingerprint density at radius 1 is 1.06 bits per heavy atom. The van der Waals surface area contributed by atoms with Crippen LogP contribution in [0.25, 0.3) is 16.9 Å². The monoisotopic (exact) mass is 523 g/mol. The summed E-state index contributed by atoms with van der Waals surface area (Å²) >= 11 is 12.4. The molecule has 0 unspecified atom stereocenters. The van der Waals surface area contributed by atoms with Gasteiger partial charge in [0.2, 0.25) is 10.0 Å². The van der Waals surface area contributed by atoms with Gasteiger partial charge in [0, 0.05) is 16.6 Å². The van der Waals surface area contributed by atoms with Crippen molar-refractivity contribution in [3.05, 3.63) is 58.2 Å². The summed E-state index contributed by atoms with van der Waals surface area (Å²) < 4.78 is 27.4. The maximum absolute atomic E-state index is 13.5. The Morgan fingerprint density at radius 3 is 2.29 bits per heavy atom. The van der Waals surface area contributed by atoms with Crippen molar-refractivity contribution in [1.82, 2.24) is 14.1 Å². The van der Waals surface area contributed by atoms with Gasteiger partial charge in [-0.3, -0.25) is 4.79 Å². The molecule has 11 heteroatoms. The molecule has 0 aliphatic heterocycles. The molecule has 0 spiro atoms. The summed E-state index contributed by atoms with van der Waals surface area (Å²) in [5.74, 6) is -1.39. The molecule has 3 aromatic rings. The lowest BCUT2D eigenvalue weighted by molar-refractivity contribution is 0.0790. The lowest BCUT2D eigenvalue weighted by Crippen LogP contribution is -2.45.